The lowest BCUT2D eigenvalue weighted by atomic mass is 10.3. The fraction of sp³-hybridized carbons (Fsp3) is 0.727. The van der Waals surface area contributed by atoms with E-state index in [0.717, 1.165) is 18.6 Å². The van der Waals surface area contributed by atoms with Crippen LogP contribution >= 0.6 is 0 Å². The molecule has 4 heteroatoms. The molecule has 1 N–H and O–H groups in total. The summed E-state index contributed by atoms with van der Waals surface area (Å²) in [6.45, 7) is 2.27. The summed E-state index contributed by atoms with van der Waals surface area (Å²) in [5, 5.41) is 13.3. The quantitative estimate of drug-likeness (QED) is 0.820. The molecular formula is C11H18N2O2. The molecule has 1 aromatic rings. The second-order valence-corrected chi connectivity index (χ2v) is 4.27. The monoisotopic (exact) mass is 210 g/mol. The molecule has 1 atom stereocenters. The minimum absolute atomic E-state index is 0.370. The van der Waals surface area contributed by atoms with Crippen LogP contribution in [0.3, 0.4) is 0 Å². The fourth-order valence-corrected chi connectivity index (χ4v) is 1.97. The van der Waals surface area contributed by atoms with E-state index in [-0.39, 0.29) is 6.10 Å². The van der Waals surface area contributed by atoms with E-state index in [2.05, 4.69) is 5.10 Å². The molecule has 0 radical (unpaired) electrons. The Balaban J connectivity index is 1.88. The van der Waals surface area contributed by atoms with Gasteiger partial charge in [-0.1, -0.05) is 0 Å². The first kappa shape index (κ1) is 10.5. The molecule has 0 bridgehead atoms. The Morgan fingerprint density at radius 3 is 3.00 bits per heavy atom. The lowest BCUT2D eigenvalue weighted by Gasteiger charge is -2.10. The van der Waals surface area contributed by atoms with Gasteiger partial charge >= 0.3 is 0 Å². The van der Waals surface area contributed by atoms with Gasteiger partial charge in [-0.15, -0.1) is 0 Å². The summed E-state index contributed by atoms with van der Waals surface area (Å²) in [6.07, 6.45) is 8.42. The molecule has 1 saturated carbocycles. The predicted octanol–water partition coefficient (Wildman–Crippen LogP) is 1.59. The van der Waals surface area contributed by atoms with Crippen molar-refractivity contribution in [2.75, 3.05) is 0 Å². The highest BCUT2D eigenvalue weighted by atomic mass is 16.5. The van der Waals surface area contributed by atoms with E-state index >= 15 is 0 Å². The maximum atomic E-state index is 9.20. The smallest absolute Gasteiger partial charge is 0.157 e. The number of rotatable bonds is 4. The van der Waals surface area contributed by atoms with E-state index in [0.29, 0.717) is 12.6 Å². The van der Waals surface area contributed by atoms with Crippen LogP contribution in [0.1, 0.15) is 32.6 Å². The number of hydrogen-bond acceptors (Lipinski definition) is 3. The number of nitrogens with zero attached hydrogens (tertiary/aromatic N) is 2. The van der Waals surface area contributed by atoms with Gasteiger partial charge in [0.25, 0.3) is 0 Å². The number of aromatic nitrogens is 2. The Bertz CT molecular complexity index is 303. The third-order valence-electron chi connectivity index (χ3n) is 2.67. The normalized spacial score (nSPS) is 19.3. The summed E-state index contributed by atoms with van der Waals surface area (Å²) >= 11 is 0. The van der Waals surface area contributed by atoms with Crippen LogP contribution in [0.15, 0.2) is 12.4 Å². The van der Waals surface area contributed by atoms with Crippen molar-refractivity contribution in [2.24, 2.45) is 0 Å². The molecule has 1 fully saturated rings. The lowest BCUT2D eigenvalue weighted by molar-refractivity contribution is 0.168. The molecule has 2 rings (SSSR count). The molecule has 1 aliphatic rings. The predicted molar refractivity (Wildman–Crippen MR) is 56.8 cm³/mol. The van der Waals surface area contributed by atoms with Gasteiger partial charge in [0.05, 0.1) is 31.1 Å². The number of aliphatic hydroxyl groups is 1. The van der Waals surface area contributed by atoms with Crippen molar-refractivity contribution < 1.29 is 9.84 Å². The van der Waals surface area contributed by atoms with Gasteiger partial charge in [0.1, 0.15) is 0 Å². The van der Waals surface area contributed by atoms with Crippen LogP contribution in [0, 0.1) is 0 Å². The van der Waals surface area contributed by atoms with Crippen LogP contribution in [0.4, 0.5) is 0 Å². The summed E-state index contributed by atoms with van der Waals surface area (Å²) in [5.74, 6) is 0.822. The van der Waals surface area contributed by atoms with Gasteiger partial charge in [0.2, 0.25) is 0 Å². The standard InChI is InChI=1S/C11H18N2O2/c1-9(14)7-13-8-11(6-12-13)15-10-4-2-3-5-10/h6,8-10,14H,2-5,7H2,1H3. The molecule has 84 valence electrons. The van der Waals surface area contributed by atoms with Gasteiger partial charge in [-0.25, -0.2) is 0 Å². The first-order chi connectivity index (χ1) is 7.24. The van der Waals surface area contributed by atoms with E-state index in [1.165, 1.54) is 12.8 Å². The molecule has 1 aromatic heterocycles. The summed E-state index contributed by atoms with van der Waals surface area (Å²) < 4.78 is 7.49. The largest absolute Gasteiger partial charge is 0.487 e. The average molecular weight is 210 g/mol. The SMILES string of the molecule is CC(O)Cn1cc(OC2CCCC2)cn1. The third-order valence-corrected chi connectivity index (χ3v) is 2.67. The average Bonchev–Trinajstić information content (AvgIpc) is 2.77. The molecule has 0 spiro atoms. The van der Waals surface area contributed by atoms with Crippen molar-refractivity contribution >= 4 is 0 Å². The zero-order chi connectivity index (χ0) is 10.7. The van der Waals surface area contributed by atoms with Gasteiger partial charge in [0.15, 0.2) is 5.75 Å². The molecular weight excluding hydrogens is 192 g/mol. The Hall–Kier alpha value is -1.03. The molecule has 0 amide bonds. The van der Waals surface area contributed by atoms with E-state index in [1.54, 1.807) is 17.8 Å². The lowest BCUT2D eigenvalue weighted by Crippen LogP contribution is -2.12. The molecule has 1 unspecified atom stereocenters. The highest BCUT2D eigenvalue weighted by Crippen LogP contribution is 2.23. The zero-order valence-corrected chi connectivity index (χ0v) is 9.09. The van der Waals surface area contributed by atoms with E-state index in [4.69, 9.17) is 4.74 Å². The van der Waals surface area contributed by atoms with Gasteiger partial charge < -0.3 is 9.84 Å². The summed E-state index contributed by atoms with van der Waals surface area (Å²) in [5.41, 5.74) is 0. The fourth-order valence-electron chi connectivity index (χ4n) is 1.97. The molecule has 0 saturated heterocycles. The van der Waals surface area contributed by atoms with E-state index in [9.17, 15) is 5.11 Å². The highest BCUT2D eigenvalue weighted by Gasteiger charge is 2.17. The van der Waals surface area contributed by atoms with Crippen molar-refractivity contribution in [3.8, 4) is 5.75 Å². The van der Waals surface area contributed by atoms with Crippen molar-refractivity contribution in [3.63, 3.8) is 0 Å². The van der Waals surface area contributed by atoms with Crippen LogP contribution in [-0.4, -0.2) is 27.1 Å². The van der Waals surface area contributed by atoms with Crippen LogP contribution in [0.2, 0.25) is 0 Å². The Morgan fingerprint density at radius 1 is 1.60 bits per heavy atom. The molecule has 0 aromatic carbocycles. The zero-order valence-electron chi connectivity index (χ0n) is 9.09. The second-order valence-electron chi connectivity index (χ2n) is 4.27. The van der Waals surface area contributed by atoms with Gasteiger partial charge in [-0.2, -0.15) is 5.10 Å². The first-order valence-electron chi connectivity index (χ1n) is 5.61. The van der Waals surface area contributed by atoms with Crippen LogP contribution < -0.4 is 4.74 Å². The number of ether oxygens (including phenoxy) is 1. The third kappa shape index (κ3) is 2.96. The second kappa shape index (κ2) is 4.66. The van der Waals surface area contributed by atoms with Gasteiger partial charge in [-0.05, 0) is 32.6 Å². The Morgan fingerprint density at radius 2 is 2.33 bits per heavy atom. The summed E-state index contributed by atoms with van der Waals surface area (Å²) in [7, 11) is 0. The van der Waals surface area contributed by atoms with E-state index < -0.39 is 0 Å². The van der Waals surface area contributed by atoms with Crippen molar-refractivity contribution in [1.82, 2.24) is 9.78 Å². The maximum Gasteiger partial charge on any atom is 0.157 e. The highest BCUT2D eigenvalue weighted by molar-refractivity contribution is 5.12. The number of aliphatic hydroxyl groups excluding tert-OH is 1. The Kier molecular flexibility index (Phi) is 3.26. The van der Waals surface area contributed by atoms with Crippen molar-refractivity contribution in [2.45, 2.75) is 51.4 Å². The van der Waals surface area contributed by atoms with Crippen LogP contribution in [-0.2, 0) is 6.54 Å². The van der Waals surface area contributed by atoms with Crippen molar-refractivity contribution in [1.29, 1.82) is 0 Å². The van der Waals surface area contributed by atoms with E-state index in [1.807, 2.05) is 6.20 Å². The number of hydrogen-bond donors (Lipinski definition) is 1. The Labute approximate surface area is 89.9 Å². The minimum Gasteiger partial charge on any atom is -0.487 e. The maximum absolute atomic E-state index is 9.20. The summed E-state index contributed by atoms with van der Waals surface area (Å²) in [6, 6.07) is 0. The topological polar surface area (TPSA) is 47.3 Å². The molecule has 15 heavy (non-hydrogen) atoms. The molecule has 0 aliphatic heterocycles. The van der Waals surface area contributed by atoms with Gasteiger partial charge in [0, 0.05) is 0 Å². The van der Waals surface area contributed by atoms with Crippen LogP contribution in [0.25, 0.3) is 0 Å². The molecule has 1 aliphatic carbocycles. The molecule has 4 nitrogen and oxygen atoms in total. The molecule has 1 heterocycles. The van der Waals surface area contributed by atoms with Gasteiger partial charge in [-0.3, -0.25) is 4.68 Å². The first-order valence-corrected chi connectivity index (χ1v) is 5.61. The van der Waals surface area contributed by atoms with Crippen LogP contribution in [0.5, 0.6) is 5.75 Å². The minimum atomic E-state index is -0.371. The summed E-state index contributed by atoms with van der Waals surface area (Å²) in [4.78, 5) is 0. The van der Waals surface area contributed by atoms with Crippen molar-refractivity contribution in [3.05, 3.63) is 12.4 Å².